The molecule has 0 saturated heterocycles. The van der Waals surface area contributed by atoms with E-state index in [2.05, 4.69) is 73.7 Å². The molecule has 0 spiro atoms. The van der Waals surface area contributed by atoms with Crippen molar-refractivity contribution >= 4 is 23.1 Å². The second kappa shape index (κ2) is 6.36. The monoisotopic (exact) mass is 267 g/mol. The third kappa shape index (κ3) is 3.56. The molecule has 2 rings (SSSR count). The van der Waals surface area contributed by atoms with E-state index in [4.69, 9.17) is 0 Å². The zero-order valence-corrected chi connectivity index (χ0v) is 12.3. The molecule has 0 aliphatic heterocycles. The predicted molar refractivity (Wildman–Crippen MR) is 85.8 cm³/mol. The molecule has 0 N–H and O–H groups in total. The fourth-order valence-electron chi connectivity index (χ4n) is 1.76. The predicted octanol–water partition coefficient (Wildman–Crippen LogP) is 4.72. The zero-order chi connectivity index (χ0) is 13.7. The summed E-state index contributed by atoms with van der Waals surface area (Å²) in [6.07, 6.45) is 1.98. The average Bonchev–Trinajstić information content (AvgIpc) is 2.43. The molecule has 0 radical (unpaired) electrons. The van der Waals surface area contributed by atoms with E-state index in [-0.39, 0.29) is 0 Å². The van der Waals surface area contributed by atoms with Crippen molar-refractivity contribution in [3.63, 3.8) is 0 Å². The highest BCUT2D eigenvalue weighted by atomic mass is 32.2. The summed E-state index contributed by atoms with van der Waals surface area (Å²) in [6.45, 7) is 4.18. The molecule has 2 aromatic rings. The second-order valence-electron chi connectivity index (χ2n) is 4.42. The van der Waals surface area contributed by atoms with E-state index in [1.165, 1.54) is 22.9 Å². The third-order valence-electron chi connectivity index (χ3n) is 2.84. The molecule has 2 heteroatoms. The molecule has 0 unspecified atom stereocenters. The van der Waals surface area contributed by atoms with Crippen molar-refractivity contribution in [2.75, 3.05) is 11.2 Å². The molecule has 0 heterocycles. The van der Waals surface area contributed by atoms with Gasteiger partial charge in [-0.2, -0.15) is 0 Å². The molecule has 0 saturated carbocycles. The summed E-state index contributed by atoms with van der Waals surface area (Å²) >= 11 is 1.52. The fourth-order valence-corrected chi connectivity index (χ4v) is 1.94. The highest BCUT2D eigenvalue weighted by Gasteiger charge is 2.06. The van der Waals surface area contributed by atoms with Crippen LogP contribution in [0.2, 0.25) is 0 Å². The number of aryl methyl sites for hydroxylation is 2. The molecule has 0 bridgehead atoms. The lowest BCUT2D eigenvalue weighted by atomic mass is 10.2. The standard InChI is InChI=1S/C17H17NS/c1-14-4-8-16(9-5-14)18(12-13-19-3)17-10-6-15(2)7-11-17/h4-11H,1-3H3. The Kier molecular flexibility index (Phi) is 4.54. The smallest absolute Gasteiger partial charge is 0.0546 e. The maximum atomic E-state index is 3.19. The van der Waals surface area contributed by atoms with Crippen LogP contribution in [-0.4, -0.2) is 6.26 Å². The van der Waals surface area contributed by atoms with Crippen molar-refractivity contribution in [2.24, 2.45) is 0 Å². The molecule has 0 fully saturated rings. The average molecular weight is 267 g/mol. The van der Waals surface area contributed by atoms with Crippen LogP contribution in [0.4, 0.5) is 11.4 Å². The molecule has 0 aliphatic rings. The van der Waals surface area contributed by atoms with Crippen molar-refractivity contribution in [2.45, 2.75) is 13.8 Å². The molecule has 96 valence electrons. The van der Waals surface area contributed by atoms with Gasteiger partial charge in [0.15, 0.2) is 0 Å². The molecule has 1 nitrogen and oxygen atoms in total. The van der Waals surface area contributed by atoms with Crippen LogP contribution in [0.3, 0.4) is 0 Å². The zero-order valence-electron chi connectivity index (χ0n) is 11.5. The minimum atomic E-state index is 1.09. The van der Waals surface area contributed by atoms with Crippen LogP contribution in [0.15, 0.2) is 48.5 Å². The SMILES string of the molecule is CSC#CN(c1ccc(C)cc1)c1ccc(C)cc1. The summed E-state index contributed by atoms with van der Waals surface area (Å²) in [5.74, 6) is 0. The largest absolute Gasteiger partial charge is 0.269 e. The number of benzene rings is 2. The summed E-state index contributed by atoms with van der Waals surface area (Å²) < 4.78 is 0. The van der Waals surface area contributed by atoms with Gasteiger partial charge in [0.1, 0.15) is 0 Å². The number of hydrogen-bond donors (Lipinski definition) is 0. The molecular formula is C17H17NS. The van der Waals surface area contributed by atoms with Crippen molar-refractivity contribution in [3.8, 4) is 11.3 Å². The minimum absolute atomic E-state index is 1.09. The van der Waals surface area contributed by atoms with Gasteiger partial charge in [-0.05, 0) is 49.6 Å². The van der Waals surface area contributed by atoms with Crippen LogP contribution in [0.1, 0.15) is 11.1 Å². The Morgan fingerprint density at radius 1 is 0.789 bits per heavy atom. The van der Waals surface area contributed by atoms with Crippen LogP contribution in [0.5, 0.6) is 0 Å². The van der Waals surface area contributed by atoms with Gasteiger partial charge in [-0.15, -0.1) is 0 Å². The highest BCUT2D eigenvalue weighted by molar-refractivity contribution is 8.03. The van der Waals surface area contributed by atoms with E-state index in [1.807, 2.05) is 11.2 Å². The van der Waals surface area contributed by atoms with Crippen molar-refractivity contribution in [1.29, 1.82) is 0 Å². The Bertz CT molecular complexity index is 542. The third-order valence-corrected chi connectivity index (χ3v) is 3.14. The Morgan fingerprint density at radius 3 is 1.58 bits per heavy atom. The number of nitrogens with zero attached hydrogens (tertiary/aromatic N) is 1. The first kappa shape index (κ1) is 13.6. The van der Waals surface area contributed by atoms with E-state index < -0.39 is 0 Å². The topological polar surface area (TPSA) is 3.24 Å². The van der Waals surface area contributed by atoms with Gasteiger partial charge >= 0.3 is 0 Å². The molecular weight excluding hydrogens is 250 g/mol. The Balaban J connectivity index is 2.41. The van der Waals surface area contributed by atoms with Crippen LogP contribution >= 0.6 is 11.8 Å². The summed E-state index contributed by atoms with van der Waals surface area (Å²) in [7, 11) is 0. The minimum Gasteiger partial charge on any atom is -0.269 e. The van der Waals surface area contributed by atoms with Gasteiger partial charge in [-0.1, -0.05) is 47.2 Å². The number of rotatable bonds is 2. The molecule has 0 amide bonds. The van der Waals surface area contributed by atoms with Crippen LogP contribution < -0.4 is 4.90 Å². The van der Waals surface area contributed by atoms with E-state index >= 15 is 0 Å². The van der Waals surface area contributed by atoms with Gasteiger partial charge in [0.05, 0.1) is 11.4 Å². The van der Waals surface area contributed by atoms with Gasteiger partial charge in [0.2, 0.25) is 0 Å². The maximum absolute atomic E-state index is 3.19. The lowest BCUT2D eigenvalue weighted by Crippen LogP contribution is -2.08. The Labute approximate surface area is 119 Å². The van der Waals surface area contributed by atoms with Gasteiger partial charge in [-0.3, -0.25) is 4.90 Å². The quantitative estimate of drug-likeness (QED) is 0.572. The summed E-state index contributed by atoms with van der Waals surface area (Å²) in [4.78, 5) is 2.02. The Morgan fingerprint density at radius 2 is 1.21 bits per heavy atom. The molecule has 0 aliphatic carbocycles. The fraction of sp³-hybridized carbons (Fsp3) is 0.176. The lowest BCUT2D eigenvalue weighted by molar-refractivity contribution is 1.31. The van der Waals surface area contributed by atoms with Crippen LogP contribution in [-0.2, 0) is 0 Å². The van der Waals surface area contributed by atoms with Crippen molar-refractivity contribution in [3.05, 3.63) is 59.7 Å². The van der Waals surface area contributed by atoms with Gasteiger partial charge in [0.25, 0.3) is 0 Å². The van der Waals surface area contributed by atoms with E-state index in [0.29, 0.717) is 0 Å². The summed E-state index contributed by atoms with van der Waals surface area (Å²) in [5.41, 5.74) is 4.70. The van der Waals surface area contributed by atoms with Gasteiger partial charge < -0.3 is 0 Å². The summed E-state index contributed by atoms with van der Waals surface area (Å²) in [5, 5.41) is 3.07. The second-order valence-corrected chi connectivity index (χ2v) is 5.04. The van der Waals surface area contributed by atoms with Crippen molar-refractivity contribution in [1.82, 2.24) is 0 Å². The number of thioether (sulfide) groups is 1. The number of hydrogen-bond acceptors (Lipinski definition) is 2. The first-order chi connectivity index (χ1) is 9.20. The lowest BCUT2D eigenvalue weighted by Gasteiger charge is -2.18. The van der Waals surface area contributed by atoms with Gasteiger partial charge in [0, 0.05) is 6.04 Å². The normalized spacial score (nSPS) is 9.63. The first-order valence-corrected chi connectivity index (χ1v) is 7.40. The number of anilines is 2. The van der Waals surface area contributed by atoms with E-state index in [1.54, 1.807) is 0 Å². The Hall–Kier alpha value is -1.85. The van der Waals surface area contributed by atoms with Crippen LogP contribution in [0, 0.1) is 25.1 Å². The van der Waals surface area contributed by atoms with Crippen molar-refractivity contribution < 1.29 is 0 Å². The molecule has 2 aromatic carbocycles. The molecule has 19 heavy (non-hydrogen) atoms. The highest BCUT2D eigenvalue weighted by Crippen LogP contribution is 2.25. The molecule has 0 atom stereocenters. The maximum Gasteiger partial charge on any atom is 0.0546 e. The molecule has 0 aromatic heterocycles. The van der Waals surface area contributed by atoms with Gasteiger partial charge in [-0.25, -0.2) is 0 Å². The first-order valence-electron chi connectivity index (χ1n) is 6.18. The summed E-state index contributed by atoms with van der Waals surface area (Å²) in [6, 6.07) is 20.0. The van der Waals surface area contributed by atoms with Crippen LogP contribution in [0.25, 0.3) is 0 Å². The van der Waals surface area contributed by atoms with E-state index in [0.717, 1.165) is 11.4 Å². The van der Waals surface area contributed by atoms with E-state index in [9.17, 15) is 0 Å².